The van der Waals surface area contributed by atoms with Crippen molar-refractivity contribution >= 4 is 28.9 Å². The number of hydrogen-bond donors (Lipinski definition) is 1. The number of aromatic nitrogens is 1. The largest absolute Gasteiger partial charge is 0.378 e. The van der Waals surface area contributed by atoms with Crippen molar-refractivity contribution in [2.75, 3.05) is 36.5 Å². The van der Waals surface area contributed by atoms with Crippen LogP contribution >= 0.6 is 11.6 Å². The third-order valence-electron chi connectivity index (χ3n) is 4.67. The van der Waals surface area contributed by atoms with E-state index >= 15 is 0 Å². The van der Waals surface area contributed by atoms with E-state index in [0.29, 0.717) is 29.5 Å². The Morgan fingerprint density at radius 3 is 2.61 bits per heavy atom. The molecule has 5 nitrogen and oxygen atoms in total. The molecule has 1 amide bonds. The lowest BCUT2D eigenvalue weighted by atomic mass is 10.1. The van der Waals surface area contributed by atoms with Gasteiger partial charge in [-0.05, 0) is 36.4 Å². The van der Waals surface area contributed by atoms with Crippen molar-refractivity contribution in [3.05, 3.63) is 77.4 Å². The van der Waals surface area contributed by atoms with E-state index in [0.717, 1.165) is 30.0 Å². The number of pyridine rings is 1. The standard InChI is InChI=1S/C22H20ClN3O2/c23-16-8-9-18(21(15-16)26-11-13-28-14-12-26)22(27)25-20-7-2-1-5-17(20)19-6-3-4-10-24-19/h1-10,15H,11-14H2,(H,25,27). The van der Waals surface area contributed by atoms with Gasteiger partial charge in [-0.1, -0.05) is 35.9 Å². The molecule has 1 saturated heterocycles. The maximum absolute atomic E-state index is 13.1. The van der Waals surface area contributed by atoms with E-state index in [-0.39, 0.29) is 5.91 Å². The van der Waals surface area contributed by atoms with Crippen molar-refractivity contribution in [3.63, 3.8) is 0 Å². The van der Waals surface area contributed by atoms with Gasteiger partial charge in [-0.15, -0.1) is 0 Å². The fourth-order valence-corrected chi connectivity index (χ4v) is 3.46. The molecule has 0 bridgehead atoms. The summed E-state index contributed by atoms with van der Waals surface area (Å²) in [5.74, 6) is -0.179. The minimum atomic E-state index is -0.179. The van der Waals surface area contributed by atoms with Gasteiger partial charge in [-0.3, -0.25) is 9.78 Å². The topological polar surface area (TPSA) is 54.5 Å². The van der Waals surface area contributed by atoms with Crippen LogP contribution < -0.4 is 10.2 Å². The monoisotopic (exact) mass is 393 g/mol. The summed E-state index contributed by atoms with van der Waals surface area (Å²) in [4.78, 5) is 19.7. The molecule has 0 saturated carbocycles. The Balaban J connectivity index is 1.65. The molecule has 1 aromatic heterocycles. The normalized spacial score (nSPS) is 14.0. The molecule has 1 fully saturated rings. The predicted octanol–water partition coefficient (Wildman–Crippen LogP) is 4.49. The number of hydrogen-bond acceptors (Lipinski definition) is 4. The average Bonchev–Trinajstić information content (AvgIpc) is 2.75. The highest BCUT2D eigenvalue weighted by molar-refractivity contribution is 6.31. The summed E-state index contributed by atoms with van der Waals surface area (Å²) in [6, 6.07) is 18.7. The zero-order valence-corrected chi connectivity index (χ0v) is 16.0. The molecule has 4 rings (SSSR count). The number of para-hydroxylation sites is 1. The molecule has 28 heavy (non-hydrogen) atoms. The van der Waals surface area contributed by atoms with Gasteiger partial charge in [0.2, 0.25) is 0 Å². The van der Waals surface area contributed by atoms with Gasteiger partial charge in [0.1, 0.15) is 0 Å². The number of carbonyl (C=O) groups is 1. The molecule has 0 atom stereocenters. The van der Waals surface area contributed by atoms with E-state index in [1.165, 1.54) is 0 Å². The molecule has 1 aliphatic rings. The molecule has 0 spiro atoms. The van der Waals surface area contributed by atoms with Crippen LogP contribution in [0.2, 0.25) is 5.02 Å². The van der Waals surface area contributed by atoms with E-state index in [9.17, 15) is 4.79 Å². The van der Waals surface area contributed by atoms with Crippen molar-refractivity contribution in [2.24, 2.45) is 0 Å². The molecule has 6 heteroatoms. The van der Waals surface area contributed by atoms with E-state index in [4.69, 9.17) is 16.3 Å². The Hall–Kier alpha value is -2.89. The second-order valence-electron chi connectivity index (χ2n) is 6.48. The number of anilines is 2. The zero-order chi connectivity index (χ0) is 19.3. The SMILES string of the molecule is O=C(Nc1ccccc1-c1ccccn1)c1ccc(Cl)cc1N1CCOCC1. The summed E-state index contributed by atoms with van der Waals surface area (Å²) >= 11 is 6.21. The van der Waals surface area contributed by atoms with Crippen LogP contribution in [-0.4, -0.2) is 37.2 Å². The summed E-state index contributed by atoms with van der Waals surface area (Å²) in [6.45, 7) is 2.72. The second kappa shape index (κ2) is 8.42. The maximum Gasteiger partial charge on any atom is 0.257 e. The Kier molecular flexibility index (Phi) is 5.55. The number of rotatable bonds is 4. The smallest absolute Gasteiger partial charge is 0.257 e. The Morgan fingerprint density at radius 1 is 1.04 bits per heavy atom. The highest BCUT2D eigenvalue weighted by atomic mass is 35.5. The van der Waals surface area contributed by atoms with Crippen molar-refractivity contribution in [1.29, 1.82) is 0 Å². The predicted molar refractivity (Wildman–Crippen MR) is 112 cm³/mol. The van der Waals surface area contributed by atoms with Crippen LogP contribution in [0.5, 0.6) is 0 Å². The minimum Gasteiger partial charge on any atom is -0.378 e. The van der Waals surface area contributed by atoms with Gasteiger partial charge in [-0.2, -0.15) is 0 Å². The molecule has 2 aromatic carbocycles. The highest BCUT2D eigenvalue weighted by Crippen LogP contribution is 2.29. The van der Waals surface area contributed by atoms with Crippen LogP contribution in [0.1, 0.15) is 10.4 Å². The molecule has 0 aliphatic carbocycles. The summed E-state index contributed by atoms with van der Waals surface area (Å²) in [5, 5.41) is 3.65. The summed E-state index contributed by atoms with van der Waals surface area (Å²) in [6.07, 6.45) is 1.74. The van der Waals surface area contributed by atoms with Gasteiger partial charge in [0, 0.05) is 29.9 Å². The average molecular weight is 394 g/mol. The van der Waals surface area contributed by atoms with Gasteiger partial charge < -0.3 is 15.0 Å². The van der Waals surface area contributed by atoms with Crippen molar-refractivity contribution in [3.8, 4) is 11.3 Å². The lowest BCUT2D eigenvalue weighted by Crippen LogP contribution is -2.37. The van der Waals surface area contributed by atoms with E-state index in [1.54, 1.807) is 18.3 Å². The lowest BCUT2D eigenvalue weighted by molar-refractivity contribution is 0.102. The number of carbonyl (C=O) groups excluding carboxylic acids is 1. The highest BCUT2D eigenvalue weighted by Gasteiger charge is 2.20. The summed E-state index contributed by atoms with van der Waals surface area (Å²) in [7, 11) is 0. The maximum atomic E-state index is 13.1. The molecular formula is C22H20ClN3O2. The van der Waals surface area contributed by atoms with E-state index in [1.807, 2.05) is 48.5 Å². The quantitative estimate of drug-likeness (QED) is 0.709. The Bertz CT molecular complexity index is 973. The molecule has 3 aromatic rings. The van der Waals surface area contributed by atoms with E-state index < -0.39 is 0 Å². The van der Waals surface area contributed by atoms with Gasteiger partial charge >= 0.3 is 0 Å². The number of benzene rings is 2. The van der Waals surface area contributed by atoms with Crippen molar-refractivity contribution in [2.45, 2.75) is 0 Å². The molecule has 0 unspecified atom stereocenters. The fraction of sp³-hybridized carbons (Fsp3) is 0.182. The molecular weight excluding hydrogens is 374 g/mol. The lowest BCUT2D eigenvalue weighted by Gasteiger charge is -2.30. The Morgan fingerprint density at radius 2 is 1.82 bits per heavy atom. The van der Waals surface area contributed by atoms with Crippen LogP contribution in [-0.2, 0) is 4.74 Å². The second-order valence-corrected chi connectivity index (χ2v) is 6.91. The van der Waals surface area contributed by atoms with Gasteiger partial charge in [0.25, 0.3) is 5.91 Å². The first-order valence-electron chi connectivity index (χ1n) is 9.16. The first-order chi connectivity index (χ1) is 13.7. The molecule has 1 aliphatic heterocycles. The third kappa shape index (κ3) is 4.01. The Labute approximate surface area is 168 Å². The van der Waals surface area contributed by atoms with Crippen LogP contribution in [0.4, 0.5) is 11.4 Å². The van der Waals surface area contributed by atoms with Crippen LogP contribution in [0.15, 0.2) is 66.9 Å². The molecule has 0 radical (unpaired) electrons. The number of halogens is 1. The van der Waals surface area contributed by atoms with Crippen molar-refractivity contribution in [1.82, 2.24) is 4.98 Å². The first-order valence-corrected chi connectivity index (χ1v) is 9.54. The molecule has 2 heterocycles. The first kappa shape index (κ1) is 18.5. The zero-order valence-electron chi connectivity index (χ0n) is 15.3. The van der Waals surface area contributed by atoms with Gasteiger partial charge in [0.15, 0.2) is 0 Å². The third-order valence-corrected chi connectivity index (χ3v) is 4.91. The summed E-state index contributed by atoms with van der Waals surface area (Å²) in [5.41, 5.74) is 3.81. The van der Waals surface area contributed by atoms with Crippen LogP contribution in [0.25, 0.3) is 11.3 Å². The minimum absolute atomic E-state index is 0.179. The van der Waals surface area contributed by atoms with Gasteiger partial charge in [-0.25, -0.2) is 0 Å². The number of nitrogens with one attached hydrogen (secondary N) is 1. The number of ether oxygens (including phenoxy) is 1. The number of nitrogens with zero attached hydrogens (tertiary/aromatic N) is 2. The fourth-order valence-electron chi connectivity index (χ4n) is 3.29. The van der Waals surface area contributed by atoms with E-state index in [2.05, 4.69) is 15.2 Å². The van der Waals surface area contributed by atoms with Crippen LogP contribution in [0, 0.1) is 0 Å². The molecule has 1 N–H and O–H groups in total. The van der Waals surface area contributed by atoms with Crippen molar-refractivity contribution < 1.29 is 9.53 Å². The number of morpholine rings is 1. The van der Waals surface area contributed by atoms with Crippen LogP contribution in [0.3, 0.4) is 0 Å². The number of amides is 1. The molecule has 142 valence electrons. The van der Waals surface area contributed by atoms with Gasteiger partial charge in [0.05, 0.1) is 35.8 Å². The summed E-state index contributed by atoms with van der Waals surface area (Å²) < 4.78 is 5.43.